The van der Waals surface area contributed by atoms with Gasteiger partial charge in [0.15, 0.2) is 0 Å². The molecule has 3 aromatic heterocycles. The summed E-state index contributed by atoms with van der Waals surface area (Å²) in [5.74, 6) is -0.315. The molecule has 2 atom stereocenters. The van der Waals surface area contributed by atoms with Gasteiger partial charge in [-0.3, -0.25) is 14.5 Å². The number of nitriles is 2. The van der Waals surface area contributed by atoms with Crippen molar-refractivity contribution in [2.24, 2.45) is 18.9 Å². The molecule has 40 heavy (non-hydrogen) atoms. The molecule has 2 fully saturated rings. The molecule has 2 unspecified atom stereocenters. The zero-order chi connectivity index (χ0) is 28.0. The zero-order valence-corrected chi connectivity index (χ0v) is 22.1. The Morgan fingerprint density at radius 1 is 1.12 bits per heavy atom. The van der Waals surface area contributed by atoms with E-state index in [-0.39, 0.29) is 17.9 Å². The maximum absolute atomic E-state index is 14.3. The number of anilines is 1. The van der Waals surface area contributed by atoms with E-state index in [1.54, 1.807) is 19.3 Å². The minimum absolute atomic E-state index is 0.0954. The Kier molecular flexibility index (Phi) is 6.35. The Balaban J connectivity index is 1.44. The number of halogens is 1. The molecular formula is C29H26FN9O. The number of pyridine rings is 1. The van der Waals surface area contributed by atoms with Gasteiger partial charge in [0.1, 0.15) is 35.6 Å². The van der Waals surface area contributed by atoms with E-state index in [1.165, 1.54) is 17.1 Å². The van der Waals surface area contributed by atoms with Gasteiger partial charge >= 0.3 is 0 Å². The Bertz CT molecular complexity index is 1710. The Morgan fingerprint density at radius 2 is 1.93 bits per heavy atom. The summed E-state index contributed by atoms with van der Waals surface area (Å²) in [6.45, 7) is 3.46. The number of hydrogen-bond donors (Lipinski definition) is 0. The molecule has 4 heterocycles. The molecule has 2 aliphatic rings. The lowest BCUT2D eigenvalue weighted by atomic mass is 9.97. The second-order valence-corrected chi connectivity index (χ2v) is 10.4. The number of fused-ring (bicyclic) bond motifs is 1. The summed E-state index contributed by atoms with van der Waals surface area (Å²) in [5, 5.41) is 24.3. The molecular weight excluding hydrogens is 509 g/mol. The van der Waals surface area contributed by atoms with Gasteiger partial charge in [0.05, 0.1) is 28.9 Å². The number of nitrogens with zero attached hydrogens (tertiary/aromatic N) is 9. The first-order chi connectivity index (χ1) is 19.4. The number of hydrogen-bond acceptors (Lipinski definition) is 8. The van der Waals surface area contributed by atoms with Crippen LogP contribution in [0.4, 0.5) is 10.2 Å². The van der Waals surface area contributed by atoms with E-state index in [1.807, 2.05) is 24.0 Å². The van der Waals surface area contributed by atoms with Crippen molar-refractivity contribution in [2.75, 3.05) is 24.5 Å². The Morgan fingerprint density at radius 3 is 2.60 bits per heavy atom. The first kappa shape index (κ1) is 25.4. The molecule has 0 N–H and O–H groups in total. The van der Waals surface area contributed by atoms with Crippen LogP contribution in [0, 0.1) is 40.3 Å². The van der Waals surface area contributed by atoms with Gasteiger partial charge < -0.3 is 9.80 Å². The van der Waals surface area contributed by atoms with Crippen LogP contribution < -0.4 is 4.90 Å². The smallest absolute Gasteiger partial charge is 0.240 e. The summed E-state index contributed by atoms with van der Waals surface area (Å²) in [6, 6.07) is 11.1. The summed E-state index contributed by atoms with van der Waals surface area (Å²) < 4.78 is 15.8. The quantitative estimate of drug-likeness (QED) is 0.379. The van der Waals surface area contributed by atoms with E-state index in [9.17, 15) is 19.7 Å². The van der Waals surface area contributed by atoms with E-state index in [0.717, 1.165) is 19.0 Å². The fourth-order valence-electron chi connectivity index (χ4n) is 5.56. The molecule has 11 heteroatoms. The van der Waals surface area contributed by atoms with Crippen molar-refractivity contribution >= 4 is 22.6 Å². The molecule has 200 valence electrons. The van der Waals surface area contributed by atoms with Gasteiger partial charge in [0.2, 0.25) is 5.91 Å². The monoisotopic (exact) mass is 535 g/mol. The number of aryl methyl sites for hydroxylation is 1. The molecule has 0 radical (unpaired) electrons. The molecule has 1 saturated heterocycles. The van der Waals surface area contributed by atoms with Crippen molar-refractivity contribution in [3.05, 3.63) is 54.5 Å². The van der Waals surface area contributed by atoms with Gasteiger partial charge in [-0.05, 0) is 43.4 Å². The first-order valence-corrected chi connectivity index (χ1v) is 13.2. The fraction of sp³-hybridized carbons (Fsp3) is 0.345. The van der Waals surface area contributed by atoms with E-state index in [2.05, 4.69) is 37.1 Å². The largest absolute Gasteiger partial charge is 0.352 e. The van der Waals surface area contributed by atoms with Crippen molar-refractivity contribution in [1.29, 1.82) is 10.5 Å². The number of rotatable bonds is 5. The van der Waals surface area contributed by atoms with Crippen LogP contribution in [0.25, 0.3) is 33.3 Å². The van der Waals surface area contributed by atoms with Crippen LogP contribution in [-0.4, -0.2) is 61.2 Å². The highest BCUT2D eigenvalue weighted by molar-refractivity contribution is 6.07. The van der Waals surface area contributed by atoms with Crippen LogP contribution >= 0.6 is 0 Å². The molecule has 1 amide bonds. The standard InChI is InChI=1S/C29H26FN9O/c1-17-15-38(7-8-39(17)29(40)24(12-32)18-3-4-18)28-26-22(19-9-20(30)14-33-13-19)5-6-23(27(26)34-16-35-28)25-10-21(11-31)37(2)36-25/h5-6,9-10,13-14,16-18,24H,3-4,7-8,15H2,1-2H3. The number of aromatic nitrogens is 5. The summed E-state index contributed by atoms with van der Waals surface area (Å²) >= 11 is 0. The SMILES string of the molecule is CC1CN(c2ncnc3c(-c4cc(C#N)n(C)n4)ccc(-c4cncc(F)c4)c23)CCN1C(=O)C(C#N)C1CC1. The highest BCUT2D eigenvalue weighted by Gasteiger charge is 2.41. The van der Waals surface area contributed by atoms with Gasteiger partial charge in [0.25, 0.3) is 0 Å². The summed E-state index contributed by atoms with van der Waals surface area (Å²) in [7, 11) is 1.71. The van der Waals surface area contributed by atoms with E-state index >= 15 is 0 Å². The van der Waals surface area contributed by atoms with E-state index in [0.29, 0.717) is 64.4 Å². The normalized spacial score (nSPS) is 17.9. The molecule has 10 nitrogen and oxygen atoms in total. The third-order valence-corrected chi connectivity index (χ3v) is 7.76. The minimum Gasteiger partial charge on any atom is -0.352 e. The predicted molar refractivity (Wildman–Crippen MR) is 145 cm³/mol. The molecule has 4 aromatic rings. The number of benzene rings is 1. The van der Waals surface area contributed by atoms with Crippen LogP contribution in [0.15, 0.2) is 43.0 Å². The second kappa shape index (κ2) is 10.0. The average Bonchev–Trinajstić information content (AvgIpc) is 3.72. The Labute approximate surface area is 230 Å². The third-order valence-electron chi connectivity index (χ3n) is 7.76. The Hall–Kier alpha value is -4.90. The van der Waals surface area contributed by atoms with Crippen LogP contribution in [0.2, 0.25) is 0 Å². The number of carbonyl (C=O) groups is 1. The first-order valence-electron chi connectivity index (χ1n) is 13.2. The number of amides is 1. The maximum Gasteiger partial charge on any atom is 0.240 e. The van der Waals surface area contributed by atoms with Gasteiger partial charge in [-0.1, -0.05) is 6.07 Å². The van der Waals surface area contributed by atoms with E-state index < -0.39 is 11.7 Å². The zero-order valence-electron chi connectivity index (χ0n) is 22.1. The molecule has 1 aromatic carbocycles. The number of piperazine rings is 1. The molecule has 6 rings (SSSR count). The fourth-order valence-corrected chi connectivity index (χ4v) is 5.56. The van der Waals surface area contributed by atoms with Crippen LogP contribution in [0.1, 0.15) is 25.5 Å². The van der Waals surface area contributed by atoms with Crippen molar-refractivity contribution in [2.45, 2.75) is 25.8 Å². The van der Waals surface area contributed by atoms with Crippen molar-refractivity contribution in [3.63, 3.8) is 0 Å². The van der Waals surface area contributed by atoms with Gasteiger partial charge in [-0.2, -0.15) is 15.6 Å². The van der Waals surface area contributed by atoms with Crippen LogP contribution in [0.5, 0.6) is 0 Å². The maximum atomic E-state index is 14.3. The minimum atomic E-state index is -0.583. The van der Waals surface area contributed by atoms with Crippen molar-refractivity contribution in [1.82, 2.24) is 29.6 Å². The molecule has 1 saturated carbocycles. The third kappa shape index (κ3) is 4.39. The molecule has 0 bridgehead atoms. The van der Waals surface area contributed by atoms with Gasteiger partial charge in [0, 0.05) is 56.1 Å². The lowest BCUT2D eigenvalue weighted by Gasteiger charge is -2.41. The summed E-state index contributed by atoms with van der Waals surface area (Å²) in [4.78, 5) is 30.5. The van der Waals surface area contributed by atoms with Crippen molar-refractivity contribution < 1.29 is 9.18 Å². The second-order valence-electron chi connectivity index (χ2n) is 10.4. The van der Waals surface area contributed by atoms with Crippen molar-refractivity contribution in [3.8, 4) is 34.5 Å². The number of carbonyl (C=O) groups excluding carboxylic acids is 1. The predicted octanol–water partition coefficient (Wildman–Crippen LogP) is 3.69. The molecule has 1 aliphatic heterocycles. The van der Waals surface area contributed by atoms with Crippen LogP contribution in [0.3, 0.4) is 0 Å². The summed E-state index contributed by atoms with van der Waals surface area (Å²) in [5.41, 5.74) is 3.61. The van der Waals surface area contributed by atoms with Crippen LogP contribution in [-0.2, 0) is 11.8 Å². The lowest BCUT2D eigenvalue weighted by Crippen LogP contribution is -2.55. The van der Waals surface area contributed by atoms with E-state index in [4.69, 9.17) is 0 Å². The lowest BCUT2D eigenvalue weighted by molar-refractivity contribution is -0.136. The molecule has 0 spiro atoms. The van der Waals surface area contributed by atoms with Gasteiger partial charge in [-0.15, -0.1) is 0 Å². The highest BCUT2D eigenvalue weighted by atomic mass is 19.1. The average molecular weight is 536 g/mol. The van der Waals surface area contributed by atoms with Gasteiger partial charge in [-0.25, -0.2) is 14.4 Å². The topological polar surface area (TPSA) is 128 Å². The summed E-state index contributed by atoms with van der Waals surface area (Å²) in [6.07, 6.45) is 6.10. The molecule has 1 aliphatic carbocycles. The highest BCUT2D eigenvalue weighted by Crippen LogP contribution is 2.40.